The first-order valence-electron chi connectivity index (χ1n) is 7.77. The van der Waals surface area contributed by atoms with E-state index in [9.17, 15) is 13.2 Å². The highest BCUT2D eigenvalue weighted by Gasteiger charge is 2.12. The van der Waals surface area contributed by atoms with Crippen LogP contribution < -0.4 is 15.2 Å². The van der Waals surface area contributed by atoms with Crippen LogP contribution in [0, 0.1) is 0 Å². The Kier molecular flexibility index (Phi) is 6.23. The van der Waals surface area contributed by atoms with E-state index >= 15 is 0 Å². The van der Waals surface area contributed by atoms with E-state index in [0.29, 0.717) is 23.9 Å². The SMILES string of the molecule is COCC(C)Oc1cc(Oc2ccc(S(C)(=O)=O)cc2)cc(C(N)=O)c1. The molecule has 0 saturated heterocycles. The number of rotatable bonds is 8. The van der Waals surface area contributed by atoms with Crippen LogP contribution in [0.25, 0.3) is 0 Å². The summed E-state index contributed by atoms with van der Waals surface area (Å²) in [7, 11) is -1.72. The third kappa shape index (κ3) is 5.47. The Morgan fingerprint density at radius 3 is 2.23 bits per heavy atom. The average molecular weight is 379 g/mol. The lowest BCUT2D eigenvalue weighted by Crippen LogP contribution is -2.18. The first kappa shape index (κ1) is 19.7. The van der Waals surface area contributed by atoms with Crippen molar-refractivity contribution in [1.82, 2.24) is 0 Å². The average Bonchev–Trinajstić information content (AvgIpc) is 2.54. The molecular formula is C18H21NO6S. The molecule has 140 valence electrons. The number of ether oxygens (including phenoxy) is 3. The summed E-state index contributed by atoms with van der Waals surface area (Å²) < 4.78 is 39.4. The van der Waals surface area contributed by atoms with E-state index in [1.165, 1.54) is 36.4 Å². The Morgan fingerprint density at radius 1 is 1.08 bits per heavy atom. The van der Waals surface area contributed by atoms with Crippen molar-refractivity contribution in [3.63, 3.8) is 0 Å². The maximum Gasteiger partial charge on any atom is 0.248 e. The Hall–Kier alpha value is -2.58. The maximum absolute atomic E-state index is 11.5. The third-order valence-electron chi connectivity index (χ3n) is 3.39. The van der Waals surface area contributed by atoms with Crippen LogP contribution in [-0.2, 0) is 14.6 Å². The standard InChI is InChI=1S/C18H21NO6S/c1-12(11-23-2)24-15-8-13(18(19)20)9-16(10-15)25-14-4-6-17(7-5-14)26(3,21)22/h4-10,12H,11H2,1-3H3,(H2,19,20). The minimum absolute atomic E-state index is 0.188. The number of sulfone groups is 1. The van der Waals surface area contributed by atoms with Gasteiger partial charge < -0.3 is 19.9 Å². The normalized spacial score (nSPS) is 12.4. The predicted octanol–water partition coefficient (Wildman–Crippen LogP) is 2.40. The van der Waals surface area contributed by atoms with Crippen LogP contribution in [-0.4, -0.2) is 40.4 Å². The molecule has 0 aliphatic heterocycles. The zero-order valence-electron chi connectivity index (χ0n) is 14.8. The summed E-state index contributed by atoms with van der Waals surface area (Å²) in [5.41, 5.74) is 5.59. The van der Waals surface area contributed by atoms with Crippen LogP contribution in [0.2, 0.25) is 0 Å². The lowest BCUT2D eigenvalue weighted by Gasteiger charge is -2.15. The monoisotopic (exact) mass is 379 g/mol. The highest BCUT2D eigenvalue weighted by atomic mass is 32.2. The number of hydrogen-bond donors (Lipinski definition) is 1. The van der Waals surface area contributed by atoms with Gasteiger partial charge in [0.15, 0.2) is 9.84 Å². The van der Waals surface area contributed by atoms with Crippen molar-refractivity contribution < 1.29 is 27.4 Å². The molecule has 0 radical (unpaired) electrons. The summed E-state index contributed by atoms with van der Waals surface area (Å²) in [5, 5.41) is 0. The summed E-state index contributed by atoms with van der Waals surface area (Å²) in [6.07, 6.45) is 0.898. The van der Waals surface area contributed by atoms with Gasteiger partial charge in [-0.05, 0) is 43.3 Å². The van der Waals surface area contributed by atoms with E-state index < -0.39 is 15.7 Å². The van der Waals surface area contributed by atoms with E-state index in [1.54, 1.807) is 13.2 Å². The quantitative estimate of drug-likeness (QED) is 0.755. The molecule has 0 saturated carbocycles. The van der Waals surface area contributed by atoms with E-state index in [2.05, 4.69) is 0 Å². The molecule has 8 heteroatoms. The molecule has 0 heterocycles. The van der Waals surface area contributed by atoms with Gasteiger partial charge in [-0.2, -0.15) is 0 Å². The first-order valence-corrected chi connectivity index (χ1v) is 9.66. The molecule has 0 aromatic heterocycles. The van der Waals surface area contributed by atoms with E-state index in [4.69, 9.17) is 19.9 Å². The van der Waals surface area contributed by atoms with Crippen LogP contribution in [0.4, 0.5) is 0 Å². The molecule has 0 aliphatic carbocycles. The van der Waals surface area contributed by atoms with Crippen molar-refractivity contribution in [1.29, 1.82) is 0 Å². The van der Waals surface area contributed by atoms with Gasteiger partial charge in [0.25, 0.3) is 0 Å². The van der Waals surface area contributed by atoms with Crippen molar-refractivity contribution in [2.45, 2.75) is 17.9 Å². The Balaban J connectivity index is 2.27. The fourth-order valence-corrected chi connectivity index (χ4v) is 2.86. The molecule has 1 unspecified atom stereocenters. The van der Waals surface area contributed by atoms with Crippen LogP contribution >= 0.6 is 0 Å². The summed E-state index contributed by atoms with van der Waals surface area (Å²) in [4.78, 5) is 11.7. The number of benzene rings is 2. The molecule has 2 rings (SSSR count). The van der Waals surface area contributed by atoms with Gasteiger partial charge in [-0.15, -0.1) is 0 Å². The van der Waals surface area contributed by atoms with Crippen LogP contribution in [0.3, 0.4) is 0 Å². The van der Waals surface area contributed by atoms with Gasteiger partial charge in [0, 0.05) is 25.0 Å². The minimum Gasteiger partial charge on any atom is -0.488 e. The molecule has 1 amide bonds. The second-order valence-corrected chi connectivity index (χ2v) is 7.80. The molecule has 0 fully saturated rings. The van der Waals surface area contributed by atoms with Gasteiger partial charge in [-0.3, -0.25) is 4.79 Å². The molecule has 1 atom stereocenters. The largest absolute Gasteiger partial charge is 0.488 e. The summed E-state index contributed by atoms with van der Waals surface area (Å²) in [5.74, 6) is 0.545. The summed E-state index contributed by atoms with van der Waals surface area (Å²) >= 11 is 0. The zero-order valence-corrected chi connectivity index (χ0v) is 15.6. The molecule has 26 heavy (non-hydrogen) atoms. The Morgan fingerprint density at radius 2 is 1.69 bits per heavy atom. The summed E-state index contributed by atoms with van der Waals surface area (Å²) in [6.45, 7) is 2.20. The summed E-state index contributed by atoms with van der Waals surface area (Å²) in [6, 6.07) is 10.6. The number of primary amides is 1. The van der Waals surface area contributed by atoms with Crippen molar-refractivity contribution in [3.05, 3.63) is 48.0 Å². The Labute approximate surface area is 152 Å². The van der Waals surface area contributed by atoms with Gasteiger partial charge in [-0.1, -0.05) is 0 Å². The molecule has 7 nitrogen and oxygen atoms in total. The van der Waals surface area contributed by atoms with Crippen LogP contribution in [0.1, 0.15) is 17.3 Å². The lowest BCUT2D eigenvalue weighted by molar-refractivity contribution is 0.0914. The highest BCUT2D eigenvalue weighted by molar-refractivity contribution is 7.90. The van der Waals surface area contributed by atoms with E-state index in [0.717, 1.165) is 6.26 Å². The molecule has 0 aliphatic rings. The van der Waals surface area contributed by atoms with Crippen molar-refractivity contribution in [3.8, 4) is 17.2 Å². The number of methoxy groups -OCH3 is 1. The topological polar surface area (TPSA) is 105 Å². The van der Waals surface area contributed by atoms with E-state index in [1.807, 2.05) is 6.92 Å². The molecule has 2 N–H and O–H groups in total. The van der Waals surface area contributed by atoms with Gasteiger partial charge in [0.1, 0.15) is 23.4 Å². The Bertz CT molecular complexity index is 877. The first-order chi connectivity index (χ1) is 12.2. The van der Waals surface area contributed by atoms with Crippen molar-refractivity contribution in [2.24, 2.45) is 5.73 Å². The molecule has 0 bridgehead atoms. The third-order valence-corrected chi connectivity index (χ3v) is 4.52. The van der Waals surface area contributed by atoms with Gasteiger partial charge in [0.05, 0.1) is 11.5 Å². The lowest BCUT2D eigenvalue weighted by atomic mass is 10.2. The maximum atomic E-state index is 11.5. The molecule has 2 aromatic rings. The highest BCUT2D eigenvalue weighted by Crippen LogP contribution is 2.28. The number of carbonyl (C=O) groups is 1. The van der Waals surface area contributed by atoms with Gasteiger partial charge in [0.2, 0.25) is 5.91 Å². The second kappa shape index (κ2) is 8.20. The van der Waals surface area contributed by atoms with Crippen molar-refractivity contribution >= 4 is 15.7 Å². The fourth-order valence-electron chi connectivity index (χ4n) is 2.23. The smallest absolute Gasteiger partial charge is 0.248 e. The van der Waals surface area contributed by atoms with Gasteiger partial charge >= 0.3 is 0 Å². The molecule has 2 aromatic carbocycles. The van der Waals surface area contributed by atoms with Crippen LogP contribution in [0.15, 0.2) is 47.4 Å². The number of amides is 1. The fraction of sp³-hybridized carbons (Fsp3) is 0.278. The molecule has 0 spiro atoms. The minimum atomic E-state index is -3.28. The predicted molar refractivity (Wildman–Crippen MR) is 96.6 cm³/mol. The van der Waals surface area contributed by atoms with E-state index in [-0.39, 0.29) is 16.6 Å². The second-order valence-electron chi connectivity index (χ2n) is 5.79. The number of nitrogens with two attached hydrogens (primary N) is 1. The zero-order chi connectivity index (χ0) is 19.3. The number of hydrogen-bond acceptors (Lipinski definition) is 6. The number of carbonyl (C=O) groups excluding carboxylic acids is 1. The van der Waals surface area contributed by atoms with Gasteiger partial charge in [-0.25, -0.2) is 8.42 Å². The van der Waals surface area contributed by atoms with Crippen molar-refractivity contribution in [2.75, 3.05) is 20.0 Å². The molecular weight excluding hydrogens is 358 g/mol. The van der Waals surface area contributed by atoms with Crippen LogP contribution in [0.5, 0.6) is 17.2 Å².